The molecule has 1 fully saturated rings. The topological polar surface area (TPSA) is 67.2 Å². The zero-order chi connectivity index (χ0) is 19.2. The molecule has 3 rings (SSSR count). The van der Waals surface area contributed by atoms with E-state index in [-0.39, 0.29) is 17.7 Å². The number of amides is 2. The van der Waals surface area contributed by atoms with Gasteiger partial charge < -0.3 is 14.8 Å². The van der Waals surface area contributed by atoms with Gasteiger partial charge in [0.25, 0.3) is 0 Å². The molecule has 1 atom stereocenters. The van der Waals surface area contributed by atoms with Crippen LogP contribution in [0.5, 0.6) is 0 Å². The Balaban J connectivity index is 1.45. The molecule has 1 N–H and O–H groups in total. The summed E-state index contributed by atoms with van der Waals surface area (Å²) in [4.78, 5) is 31.0. The van der Waals surface area contributed by atoms with Gasteiger partial charge in [0.2, 0.25) is 5.78 Å². The SMILES string of the molecule is Cc1cccc(CCCNC(=O)N2CCC[C@@H](C(=O)c3nccn3C)C2)c1. The summed E-state index contributed by atoms with van der Waals surface area (Å²) in [6, 6.07) is 8.38. The number of carbonyl (C=O) groups is 2. The van der Waals surface area contributed by atoms with Crippen LogP contribution in [0.25, 0.3) is 0 Å². The summed E-state index contributed by atoms with van der Waals surface area (Å²) in [5, 5.41) is 3.00. The minimum absolute atomic E-state index is 0.0273. The number of ketones is 1. The van der Waals surface area contributed by atoms with E-state index in [1.54, 1.807) is 21.9 Å². The molecule has 2 amide bonds. The van der Waals surface area contributed by atoms with E-state index >= 15 is 0 Å². The number of benzene rings is 1. The van der Waals surface area contributed by atoms with Crippen molar-refractivity contribution >= 4 is 11.8 Å². The van der Waals surface area contributed by atoms with Crippen molar-refractivity contribution in [1.82, 2.24) is 19.8 Å². The quantitative estimate of drug-likeness (QED) is 0.630. The lowest BCUT2D eigenvalue weighted by molar-refractivity contribution is 0.0832. The number of hydrogen-bond donors (Lipinski definition) is 1. The molecule has 1 saturated heterocycles. The molecule has 1 aromatic carbocycles. The highest BCUT2D eigenvalue weighted by Gasteiger charge is 2.30. The van der Waals surface area contributed by atoms with Gasteiger partial charge in [-0.05, 0) is 38.2 Å². The van der Waals surface area contributed by atoms with E-state index in [0.717, 1.165) is 25.7 Å². The van der Waals surface area contributed by atoms with E-state index in [2.05, 4.69) is 41.5 Å². The summed E-state index contributed by atoms with van der Waals surface area (Å²) in [7, 11) is 1.82. The Kier molecular flexibility index (Phi) is 6.27. The van der Waals surface area contributed by atoms with E-state index in [9.17, 15) is 9.59 Å². The first kappa shape index (κ1) is 19.1. The van der Waals surface area contributed by atoms with E-state index < -0.39 is 0 Å². The normalized spacial score (nSPS) is 17.0. The number of nitrogens with zero attached hydrogens (tertiary/aromatic N) is 3. The van der Waals surface area contributed by atoms with E-state index in [4.69, 9.17) is 0 Å². The summed E-state index contributed by atoms with van der Waals surface area (Å²) in [6.45, 7) is 3.90. The monoisotopic (exact) mass is 368 g/mol. The maximum absolute atomic E-state index is 12.7. The number of hydrogen-bond acceptors (Lipinski definition) is 3. The van der Waals surface area contributed by atoms with Gasteiger partial charge in [-0.2, -0.15) is 0 Å². The van der Waals surface area contributed by atoms with Crippen molar-refractivity contribution in [3.05, 3.63) is 53.6 Å². The van der Waals surface area contributed by atoms with Gasteiger partial charge in [-0.1, -0.05) is 29.8 Å². The lowest BCUT2D eigenvalue weighted by Gasteiger charge is -2.31. The van der Waals surface area contributed by atoms with Gasteiger partial charge in [-0.3, -0.25) is 4.79 Å². The molecule has 6 nitrogen and oxygen atoms in total. The molecule has 2 aromatic rings. The van der Waals surface area contributed by atoms with Crippen LogP contribution in [0.1, 0.15) is 41.0 Å². The van der Waals surface area contributed by atoms with Crippen molar-refractivity contribution in [3.8, 4) is 0 Å². The second-order valence-corrected chi connectivity index (χ2v) is 7.34. The standard InChI is InChI=1S/C21H28N4O2/c1-16-6-3-7-17(14-16)8-4-10-23-21(27)25-12-5-9-18(15-25)19(26)20-22-11-13-24(20)2/h3,6-7,11,13-14,18H,4-5,8-10,12,15H2,1-2H3,(H,23,27)/t18-/m1/s1. The number of imidazole rings is 1. The first-order chi connectivity index (χ1) is 13.0. The third-order valence-electron chi connectivity index (χ3n) is 5.12. The first-order valence-electron chi connectivity index (χ1n) is 9.64. The Hall–Kier alpha value is -2.63. The molecule has 0 radical (unpaired) electrons. The van der Waals surface area contributed by atoms with Crippen LogP contribution in [0, 0.1) is 12.8 Å². The molecule has 0 aliphatic carbocycles. The van der Waals surface area contributed by atoms with Crippen LogP contribution in [0.2, 0.25) is 0 Å². The maximum atomic E-state index is 12.7. The predicted molar refractivity (Wildman–Crippen MR) is 105 cm³/mol. The maximum Gasteiger partial charge on any atom is 0.317 e. The van der Waals surface area contributed by atoms with Crippen LogP contribution in [0.15, 0.2) is 36.7 Å². The molecule has 2 heterocycles. The average molecular weight is 368 g/mol. The molecular formula is C21H28N4O2. The summed E-state index contributed by atoms with van der Waals surface area (Å²) in [5.41, 5.74) is 2.55. The minimum atomic E-state index is -0.169. The van der Waals surface area contributed by atoms with Crippen LogP contribution in [0.3, 0.4) is 0 Å². The Morgan fingerprint density at radius 3 is 2.93 bits per heavy atom. The van der Waals surface area contributed by atoms with Gasteiger partial charge in [-0.15, -0.1) is 0 Å². The van der Waals surface area contributed by atoms with Gasteiger partial charge in [0.1, 0.15) is 0 Å². The number of aryl methyl sites for hydroxylation is 3. The van der Waals surface area contributed by atoms with Gasteiger partial charge in [0.05, 0.1) is 0 Å². The molecule has 1 aromatic heterocycles. The fourth-order valence-electron chi connectivity index (χ4n) is 3.63. The van der Waals surface area contributed by atoms with Crippen molar-refractivity contribution < 1.29 is 9.59 Å². The van der Waals surface area contributed by atoms with E-state index in [1.807, 2.05) is 7.05 Å². The number of carbonyl (C=O) groups excluding carboxylic acids is 2. The average Bonchev–Trinajstić information content (AvgIpc) is 3.10. The van der Waals surface area contributed by atoms with Crippen molar-refractivity contribution in [3.63, 3.8) is 0 Å². The molecule has 1 aliphatic rings. The Bertz CT molecular complexity index is 799. The van der Waals surface area contributed by atoms with Crippen LogP contribution in [0.4, 0.5) is 4.79 Å². The summed E-state index contributed by atoms with van der Waals surface area (Å²) >= 11 is 0. The van der Waals surface area contributed by atoms with E-state index in [0.29, 0.717) is 25.5 Å². The lowest BCUT2D eigenvalue weighted by atomic mass is 9.93. The Labute approximate surface area is 160 Å². The van der Waals surface area contributed by atoms with Gasteiger partial charge in [0, 0.05) is 45.0 Å². The Morgan fingerprint density at radius 2 is 2.19 bits per heavy atom. The van der Waals surface area contributed by atoms with Crippen molar-refractivity contribution in [2.24, 2.45) is 13.0 Å². The molecule has 0 saturated carbocycles. The highest BCUT2D eigenvalue weighted by atomic mass is 16.2. The summed E-state index contributed by atoms with van der Waals surface area (Å²) < 4.78 is 1.74. The lowest BCUT2D eigenvalue weighted by Crippen LogP contribution is -2.47. The fourth-order valence-corrected chi connectivity index (χ4v) is 3.63. The number of piperidine rings is 1. The number of urea groups is 1. The number of aromatic nitrogens is 2. The molecule has 0 unspecified atom stereocenters. The second kappa shape index (κ2) is 8.84. The van der Waals surface area contributed by atoms with Crippen LogP contribution in [-0.4, -0.2) is 45.9 Å². The van der Waals surface area contributed by atoms with Crippen molar-refractivity contribution in [2.45, 2.75) is 32.6 Å². The van der Waals surface area contributed by atoms with E-state index in [1.165, 1.54) is 11.1 Å². The molecular weight excluding hydrogens is 340 g/mol. The molecule has 0 spiro atoms. The number of Topliss-reactive ketones (excluding diaryl/α,β-unsaturated/α-hetero) is 1. The molecule has 1 aliphatic heterocycles. The first-order valence-corrected chi connectivity index (χ1v) is 9.64. The Morgan fingerprint density at radius 1 is 1.33 bits per heavy atom. The molecule has 144 valence electrons. The third-order valence-corrected chi connectivity index (χ3v) is 5.12. The molecule has 6 heteroatoms. The zero-order valence-electron chi connectivity index (χ0n) is 16.1. The minimum Gasteiger partial charge on any atom is -0.338 e. The van der Waals surface area contributed by atoms with Gasteiger partial charge in [0.15, 0.2) is 5.82 Å². The molecule has 27 heavy (non-hydrogen) atoms. The van der Waals surface area contributed by atoms with Gasteiger partial charge >= 0.3 is 6.03 Å². The fraction of sp³-hybridized carbons (Fsp3) is 0.476. The zero-order valence-corrected chi connectivity index (χ0v) is 16.1. The largest absolute Gasteiger partial charge is 0.338 e. The second-order valence-electron chi connectivity index (χ2n) is 7.34. The number of nitrogens with one attached hydrogen (secondary N) is 1. The molecule has 0 bridgehead atoms. The smallest absolute Gasteiger partial charge is 0.317 e. The van der Waals surface area contributed by atoms with Crippen LogP contribution >= 0.6 is 0 Å². The van der Waals surface area contributed by atoms with Gasteiger partial charge in [-0.25, -0.2) is 9.78 Å². The van der Waals surface area contributed by atoms with Crippen molar-refractivity contribution in [2.75, 3.05) is 19.6 Å². The predicted octanol–water partition coefficient (Wildman–Crippen LogP) is 2.97. The third kappa shape index (κ3) is 4.96. The number of likely N-dealkylation sites (tertiary alicyclic amines) is 1. The number of rotatable bonds is 6. The highest BCUT2D eigenvalue weighted by Crippen LogP contribution is 2.20. The van der Waals surface area contributed by atoms with Crippen LogP contribution < -0.4 is 5.32 Å². The van der Waals surface area contributed by atoms with Crippen molar-refractivity contribution in [1.29, 1.82) is 0 Å². The summed E-state index contributed by atoms with van der Waals surface area (Å²) in [6.07, 6.45) is 6.91. The van der Waals surface area contributed by atoms with Crippen LogP contribution in [-0.2, 0) is 13.5 Å². The highest BCUT2D eigenvalue weighted by molar-refractivity contribution is 5.95. The summed E-state index contributed by atoms with van der Waals surface area (Å²) in [5.74, 6) is 0.331.